The first-order valence-electron chi connectivity index (χ1n) is 14.8. The molecule has 2 unspecified atom stereocenters. The Hall–Kier alpha value is -3.79. The van der Waals surface area contributed by atoms with E-state index in [0.29, 0.717) is 31.3 Å². The van der Waals surface area contributed by atoms with E-state index >= 15 is 0 Å². The number of Topliss-reactive ketones (excluding diaryl/α,β-unsaturated/α-hetero) is 1. The van der Waals surface area contributed by atoms with E-state index in [1.54, 1.807) is 4.52 Å². The van der Waals surface area contributed by atoms with Crippen LogP contribution in [-0.4, -0.2) is 56.6 Å². The molecule has 1 aromatic carbocycles. The highest BCUT2D eigenvalue weighted by Crippen LogP contribution is 2.27. The molecule has 1 aliphatic heterocycles. The summed E-state index contributed by atoms with van der Waals surface area (Å²) in [6, 6.07) is 8.43. The van der Waals surface area contributed by atoms with Crippen molar-refractivity contribution in [2.75, 3.05) is 23.8 Å². The third-order valence-electron chi connectivity index (χ3n) is 8.05. The molecule has 2 aliphatic rings. The molecule has 5 rings (SSSR count). The van der Waals surface area contributed by atoms with E-state index in [1.807, 2.05) is 24.4 Å². The molecular formula is C31H41N7O3. The Kier molecular flexibility index (Phi) is 9.28. The van der Waals surface area contributed by atoms with Crippen LogP contribution in [0.25, 0.3) is 5.65 Å². The normalized spacial score (nSPS) is 19.7. The average Bonchev–Trinajstić information content (AvgIpc) is 3.41. The third-order valence-corrected chi connectivity index (χ3v) is 8.05. The zero-order valence-corrected chi connectivity index (χ0v) is 24.1. The molecule has 218 valence electrons. The summed E-state index contributed by atoms with van der Waals surface area (Å²) in [5, 5.41) is 14.5. The Labute approximate surface area is 241 Å². The molecule has 1 amide bonds. The second-order valence-electron chi connectivity index (χ2n) is 11.5. The van der Waals surface area contributed by atoms with Gasteiger partial charge in [0, 0.05) is 49.7 Å². The maximum Gasteiger partial charge on any atom is 0.243 e. The molecule has 3 N–H and O–H groups in total. The fourth-order valence-electron chi connectivity index (χ4n) is 5.75. The lowest BCUT2D eigenvalue weighted by Crippen LogP contribution is -2.39. The van der Waals surface area contributed by atoms with E-state index in [1.165, 1.54) is 6.08 Å². The van der Waals surface area contributed by atoms with Crippen molar-refractivity contribution in [1.82, 2.24) is 24.9 Å². The van der Waals surface area contributed by atoms with Crippen LogP contribution in [0.3, 0.4) is 0 Å². The SMILES string of the molecule is C=CC(=O)NC1CCCC(C(=O)Cc2cccc(CNc3nc(NC4CCOCC4)nc4c(C(C)C)cnn34)c2)C1. The standard InChI is InChI=1S/C31H41N7O3/c1-4-28(40)34-25-10-6-9-23(17-25)27(39)16-21-7-5-8-22(15-21)18-32-31-37-30(35-24-11-13-41-14-12-24)36-29-26(20(2)3)19-33-38(29)31/h4-5,7-8,15,19-20,23-25H,1,6,9-14,16-18H2,2-3H3,(H,34,40)(H2,32,35,36,37). The molecule has 1 aliphatic carbocycles. The van der Waals surface area contributed by atoms with Gasteiger partial charge in [-0.15, -0.1) is 0 Å². The van der Waals surface area contributed by atoms with Crippen LogP contribution in [0.15, 0.2) is 43.1 Å². The zero-order chi connectivity index (χ0) is 28.8. The molecule has 0 radical (unpaired) electrons. The van der Waals surface area contributed by atoms with Gasteiger partial charge in [0.2, 0.25) is 17.8 Å². The number of ether oxygens (including phenoxy) is 1. The molecule has 10 nitrogen and oxygen atoms in total. The highest BCUT2D eigenvalue weighted by atomic mass is 16.5. The van der Waals surface area contributed by atoms with Crippen LogP contribution in [-0.2, 0) is 27.3 Å². The minimum Gasteiger partial charge on any atom is -0.381 e. The highest BCUT2D eigenvalue weighted by molar-refractivity contribution is 5.87. The van der Waals surface area contributed by atoms with Gasteiger partial charge in [-0.05, 0) is 55.2 Å². The van der Waals surface area contributed by atoms with Gasteiger partial charge in [0.05, 0.1) is 6.20 Å². The van der Waals surface area contributed by atoms with E-state index in [2.05, 4.69) is 47.5 Å². The number of benzene rings is 1. The summed E-state index contributed by atoms with van der Waals surface area (Å²) in [5.74, 6) is 1.50. The molecular weight excluding hydrogens is 518 g/mol. The Morgan fingerprint density at radius 2 is 1.93 bits per heavy atom. The van der Waals surface area contributed by atoms with Gasteiger partial charge in [-0.1, -0.05) is 51.1 Å². The highest BCUT2D eigenvalue weighted by Gasteiger charge is 2.27. The summed E-state index contributed by atoms with van der Waals surface area (Å²) < 4.78 is 7.27. The largest absolute Gasteiger partial charge is 0.381 e. The van der Waals surface area contributed by atoms with Crippen LogP contribution >= 0.6 is 0 Å². The van der Waals surface area contributed by atoms with Gasteiger partial charge in [-0.3, -0.25) is 9.59 Å². The van der Waals surface area contributed by atoms with Gasteiger partial charge in [-0.2, -0.15) is 19.6 Å². The van der Waals surface area contributed by atoms with Gasteiger partial charge in [0.1, 0.15) is 5.78 Å². The van der Waals surface area contributed by atoms with Crippen molar-refractivity contribution in [1.29, 1.82) is 0 Å². The summed E-state index contributed by atoms with van der Waals surface area (Å²) in [6.07, 6.45) is 8.78. The van der Waals surface area contributed by atoms with E-state index in [4.69, 9.17) is 14.7 Å². The molecule has 1 saturated heterocycles. The smallest absolute Gasteiger partial charge is 0.243 e. The van der Waals surface area contributed by atoms with Crippen LogP contribution < -0.4 is 16.0 Å². The van der Waals surface area contributed by atoms with Gasteiger partial charge >= 0.3 is 0 Å². The zero-order valence-electron chi connectivity index (χ0n) is 24.1. The minimum atomic E-state index is -0.175. The number of hydrogen-bond donors (Lipinski definition) is 3. The maximum absolute atomic E-state index is 13.2. The van der Waals surface area contributed by atoms with Gasteiger partial charge < -0.3 is 20.7 Å². The first-order chi connectivity index (χ1) is 19.9. The minimum absolute atomic E-state index is 0.0350. The van der Waals surface area contributed by atoms with Crippen LogP contribution in [0.2, 0.25) is 0 Å². The van der Waals surface area contributed by atoms with Gasteiger partial charge in [0.15, 0.2) is 5.65 Å². The molecule has 2 atom stereocenters. The number of anilines is 2. The number of nitrogens with one attached hydrogen (secondary N) is 3. The van der Waals surface area contributed by atoms with Gasteiger partial charge in [0.25, 0.3) is 0 Å². The van der Waals surface area contributed by atoms with E-state index in [-0.39, 0.29) is 35.6 Å². The first kappa shape index (κ1) is 28.7. The van der Waals surface area contributed by atoms with Gasteiger partial charge in [-0.25, -0.2) is 0 Å². The number of ketones is 1. The number of nitrogens with zero attached hydrogens (tertiary/aromatic N) is 4. The Bertz CT molecular complexity index is 1380. The van der Waals surface area contributed by atoms with E-state index < -0.39 is 0 Å². The summed E-state index contributed by atoms with van der Waals surface area (Å²) in [6.45, 7) is 9.80. The third kappa shape index (κ3) is 7.30. The second kappa shape index (κ2) is 13.2. The summed E-state index contributed by atoms with van der Waals surface area (Å²) in [5.41, 5.74) is 3.90. The number of fused-ring (bicyclic) bond motifs is 1. The van der Waals surface area contributed by atoms with Crippen molar-refractivity contribution in [3.8, 4) is 0 Å². The number of hydrogen-bond acceptors (Lipinski definition) is 8. The molecule has 0 spiro atoms. The monoisotopic (exact) mass is 559 g/mol. The predicted molar refractivity (Wildman–Crippen MR) is 159 cm³/mol. The molecule has 41 heavy (non-hydrogen) atoms. The number of carbonyl (C=O) groups is 2. The molecule has 3 heterocycles. The lowest BCUT2D eigenvalue weighted by atomic mass is 9.81. The molecule has 10 heteroatoms. The van der Waals surface area contributed by atoms with Crippen molar-refractivity contribution in [2.24, 2.45) is 5.92 Å². The summed E-state index contributed by atoms with van der Waals surface area (Å²) in [7, 11) is 0. The number of rotatable bonds is 11. The molecule has 3 aromatic rings. The topological polar surface area (TPSA) is 123 Å². The lowest BCUT2D eigenvalue weighted by Gasteiger charge is -2.28. The fraction of sp³-hybridized carbons (Fsp3) is 0.516. The number of amides is 1. The predicted octanol–water partition coefficient (Wildman–Crippen LogP) is 4.42. The molecule has 1 saturated carbocycles. The van der Waals surface area contributed by atoms with Crippen molar-refractivity contribution in [2.45, 2.75) is 83.3 Å². The summed E-state index contributed by atoms with van der Waals surface area (Å²) in [4.78, 5) is 34.5. The first-order valence-corrected chi connectivity index (χ1v) is 14.8. The lowest BCUT2D eigenvalue weighted by molar-refractivity contribution is -0.124. The fourth-order valence-corrected chi connectivity index (χ4v) is 5.75. The summed E-state index contributed by atoms with van der Waals surface area (Å²) >= 11 is 0. The van der Waals surface area contributed by atoms with E-state index in [9.17, 15) is 9.59 Å². The quantitative estimate of drug-likeness (QED) is 0.295. The Morgan fingerprint density at radius 1 is 1.12 bits per heavy atom. The number of aromatic nitrogens is 4. The van der Waals surface area contributed by atoms with Crippen LogP contribution in [0.4, 0.5) is 11.9 Å². The Morgan fingerprint density at radius 3 is 2.71 bits per heavy atom. The van der Waals surface area contributed by atoms with Crippen molar-refractivity contribution in [3.05, 3.63) is 59.8 Å². The van der Waals surface area contributed by atoms with Crippen molar-refractivity contribution < 1.29 is 14.3 Å². The second-order valence-corrected chi connectivity index (χ2v) is 11.5. The van der Waals surface area contributed by atoms with Crippen molar-refractivity contribution >= 4 is 29.2 Å². The van der Waals surface area contributed by atoms with Crippen LogP contribution in [0.1, 0.15) is 75.0 Å². The average molecular weight is 560 g/mol. The van der Waals surface area contributed by atoms with Crippen LogP contribution in [0.5, 0.6) is 0 Å². The van der Waals surface area contributed by atoms with Crippen LogP contribution in [0, 0.1) is 5.92 Å². The van der Waals surface area contributed by atoms with Crippen molar-refractivity contribution in [3.63, 3.8) is 0 Å². The maximum atomic E-state index is 13.2. The van der Waals surface area contributed by atoms with E-state index in [0.717, 1.165) is 67.7 Å². The molecule has 0 bridgehead atoms. The molecule has 2 aromatic heterocycles. The molecule has 2 fully saturated rings. The number of carbonyl (C=O) groups excluding carboxylic acids is 2. The Balaban J connectivity index is 1.27.